The van der Waals surface area contributed by atoms with E-state index in [1.54, 1.807) is 11.9 Å². The molecule has 0 spiro atoms. The molecule has 0 atom stereocenters. The van der Waals surface area contributed by atoms with Gasteiger partial charge in [0.25, 0.3) is 5.91 Å². The van der Waals surface area contributed by atoms with Crippen LogP contribution in [0.15, 0.2) is 16.6 Å². The zero-order chi connectivity index (χ0) is 16.2. The summed E-state index contributed by atoms with van der Waals surface area (Å²) < 4.78 is 11.0. The Bertz CT molecular complexity index is 544. The Labute approximate surface area is 131 Å². The number of nitrogens with zero attached hydrogens (tertiary/aromatic N) is 1. The first kappa shape index (κ1) is 17.3. The van der Waals surface area contributed by atoms with Crippen molar-refractivity contribution < 1.29 is 24.2 Å². The summed E-state index contributed by atoms with van der Waals surface area (Å²) in [6.45, 7) is 3.64. The fraction of sp³-hybridized carbons (Fsp3) is 0.429. The van der Waals surface area contributed by atoms with Gasteiger partial charge in [0.15, 0.2) is 18.1 Å². The quantitative estimate of drug-likeness (QED) is 0.843. The highest BCUT2D eigenvalue weighted by atomic mass is 79.9. The molecule has 1 aromatic carbocycles. The molecule has 21 heavy (non-hydrogen) atoms. The topological polar surface area (TPSA) is 76.1 Å². The third-order valence-corrected chi connectivity index (χ3v) is 3.57. The normalized spacial score (nSPS) is 10.4. The van der Waals surface area contributed by atoms with E-state index >= 15 is 0 Å². The molecule has 116 valence electrons. The number of rotatable bonds is 6. The van der Waals surface area contributed by atoms with E-state index in [-0.39, 0.29) is 29.9 Å². The van der Waals surface area contributed by atoms with E-state index in [4.69, 9.17) is 14.6 Å². The predicted molar refractivity (Wildman–Crippen MR) is 81.1 cm³/mol. The van der Waals surface area contributed by atoms with Crippen LogP contribution in [0.25, 0.3) is 0 Å². The Hall–Kier alpha value is -1.76. The van der Waals surface area contributed by atoms with Gasteiger partial charge >= 0.3 is 5.97 Å². The Morgan fingerprint density at radius 3 is 2.48 bits per heavy atom. The Balaban J connectivity index is 2.93. The number of ether oxygens (including phenoxy) is 2. The maximum Gasteiger partial charge on any atom is 0.335 e. The first-order valence-electron chi connectivity index (χ1n) is 6.27. The lowest BCUT2D eigenvalue weighted by molar-refractivity contribution is -0.133. The van der Waals surface area contributed by atoms with Crippen molar-refractivity contribution >= 4 is 27.8 Å². The van der Waals surface area contributed by atoms with Crippen molar-refractivity contribution in [2.75, 3.05) is 20.8 Å². The Morgan fingerprint density at radius 2 is 2.00 bits per heavy atom. The van der Waals surface area contributed by atoms with Crippen molar-refractivity contribution in [3.63, 3.8) is 0 Å². The molecule has 1 N–H and O–H groups in total. The van der Waals surface area contributed by atoms with E-state index in [0.717, 1.165) is 0 Å². The third-order valence-electron chi connectivity index (χ3n) is 2.98. The predicted octanol–water partition coefficient (Wildman–Crippen LogP) is 2.40. The average molecular weight is 360 g/mol. The highest BCUT2D eigenvalue weighted by Gasteiger charge is 2.18. The lowest BCUT2D eigenvalue weighted by Gasteiger charge is -2.22. The molecule has 0 radical (unpaired) electrons. The van der Waals surface area contributed by atoms with E-state index in [1.807, 2.05) is 13.8 Å². The number of hydrogen-bond acceptors (Lipinski definition) is 4. The van der Waals surface area contributed by atoms with Crippen molar-refractivity contribution in [2.45, 2.75) is 19.9 Å². The van der Waals surface area contributed by atoms with Crippen LogP contribution in [0.3, 0.4) is 0 Å². The SMILES string of the molecule is COc1cc(C(=O)O)cc(Br)c1OCC(=O)N(C)C(C)C. The number of carbonyl (C=O) groups is 2. The van der Waals surface area contributed by atoms with Gasteiger partial charge in [-0.05, 0) is 41.9 Å². The lowest BCUT2D eigenvalue weighted by atomic mass is 10.2. The minimum absolute atomic E-state index is 0.0664. The second-order valence-corrected chi connectivity index (χ2v) is 5.54. The molecule has 0 bridgehead atoms. The molecular formula is C14H18BrNO5. The maximum atomic E-state index is 11.9. The maximum absolute atomic E-state index is 11.9. The molecule has 0 fully saturated rings. The Morgan fingerprint density at radius 1 is 1.38 bits per heavy atom. The molecule has 1 amide bonds. The third kappa shape index (κ3) is 4.35. The smallest absolute Gasteiger partial charge is 0.335 e. The number of methoxy groups -OCH3 is 1. The molecule has 1 aromatic rings. The van der Waals surface area contributed by atoms with Crippen LogP contribution in [0.2, 0.25) is 0 Å². The minimum atomic E-state index is -1.07. The van der Waals surface area contributed by atoms with E-state index in [1.165, 1.54) is 19.2 Å². The number of halogens is 1. The number of carbonyl (C=O) groups excluding carboxylic acids is 1. The molecular weight excluding hydrogens is 342 g/mol. The van der Waals surface area contributed by atoms with Gasteiger partial charge in [0.1, 0.15) is 0 Å². The summed E-state index contributed by atoms with van der Waals surface area (Å²) in [5.74, 6) is -0.702. The van der Waals surface area contributed by atoms with Gasteiger partial charge in [-0.1, -0.05) is 0 Å². The number of likely N-dealkylation sites (N-methyl/N-ethyl adjacent to an activating group) is 1. The van der Waals surface area contributed by atoms with E-state index in [0.29, 0.717) is 10.2 Å². The van der Waals surface area contributed by atoms with E-state index in [2.05, 4.69) is 15.9 Å². The van der Waals surface area contributed by atoms with Gasteiger partial charge in [-0.15, -0.1) is 0 Å². The van der Waals surface area contributed by atoms with Crippen molar-refractivity contribution in [3.05, 3.63) is 22.2 Å². The summed E-state index contributed by atoms with van der Waals surface area (Å²) in [4.78, 5) is 24.4. The average Bonchev–Trinajstić information content (AvgIpc) is 2.43. The zero-order valence-electron chi connectivity index (χ0n) is 12.3. The number of benzene rings is 1. The van der Waals surface area contributed by atoms with E-state index < -0.39 is 5.97 Å². The van der Waals surface area contributed by atoms with Crippen molar-refractivity contribution in [1.82, 2.24) is 4.90 Å². The van der Waals surface area contributed by atoms with Crippen LogP contribution in [0.5, 0.6) is 11.5 Å². The number of hydrogen-bond donors (Lipinski definition) is 1. The summed E-state index contributed by atoms with van der Waals surface area (Å²) in [5.41, 5.74) is 0.0664. The molecule has 0 heterocycles. The largest absolute Gasteiger partial charge is 0.493 e. The van der Waals surface area contributed by atoms with Crippen LogP contribution in [-0.2, 0) is 4.79 Å². The van der Waals surface area contributed by atoms with Crippen LogP contribution in [0.1, 0.15) is 24.2 Å². The number of aromatic carboxylic acids is 1. The van der Waals surface area contributed by atoms with E-state index in [9.17, 15) is 9.59 Å². The summed E-state index contributed by atoms with van der Waals surface area (Å²) in [7, 11) is 3.10. The summed E-state index contributed by atoms with van der Waals surface area (Å²) in [5, 5.41) is 8.99. The first-order valence-corrected chi connectivity index (χ1v) is 7.06. The second kappa shape index (κ2) is 7.31. The Kier molecular flexibility index (Phi) is 6.02. The second-order valence-electron chi connectivity index (χ2n) is 4.68. The van der Waals surface area contributed by atoms with Crippen LogP contribution in [0.4, 0.5) is 0 Å². The number of carboxylic acids is 1. The minimum Gasteiger partial charge on any atom is -0.493 e. The highest BCUT2D eigenvalue weighted by molar-refractivity contribution is 9.10. The van der Waals surface area contributed by atoms with Crippen molar-refractivity contribution in [3.8, 4) is 11.5 Å². The van der Waals surface area contributed by atoms with Crippen LogP contribution >= 0.6 is 15.9 Å². The van der Waals surface area contributed by atoms with Gasteiger partial charge < -0.3 is 19.5 Å². The molecule has 0 aromatic heterocycles. The molecule has 1 rings (SSSR count). The van der Waals surface area contributed by atoms with Crippen molar-refractivity contribution in [1.29, 1.82) is 0 Å². The van der Waals surface area contributed by atoms with Gasteiger partial charge in [-0.25, -0.2) is 4.79 Å². The fourth-order valence-corrected chi connectivity index (χ4v) is 2.06. The standard InChI is InChI=1S/C14H18BrNO5/c1-8(2)16(3)12(17)7-21-13-10(15)5-9(14(18)19)6-11(13)20-4/h5-6,8H,7H2,1-4H3,(H,18,19). The number of carboxylic acid groups (broad SMARTS) is 1. The van der Waals surface area contributed by atoms with Crippen LogP contribution < -0.4 is 9.47 Å². The molecule has 0 aliphatic carbocycles. The molecule has 0 saturated heterocycles. The molecule has 0 saturated carbocycles. The monoisotopic (exact) mass is 359 g/mol. The first-order chi connectivity index (χ1) is 9.77. The lowest BCUT2D eigenvalue weighted by Crippen LogP contribution is -2.36. The molecule has 0 unspecified atom stereocenters. The van der Waals surface area contributed by atoms with Crippen LogP contribution in [0, 0.1) is 0 Å². The van der Waals surface area contributed by atoms with Crippen molar-refractivity contribution in [2.24, 2.45) is 0 Å². The molecule has 0 aliphatic heterocycles. The molecule has 6 nitrogen and oxygen atoms in total. The van der Waals surface area contributed by atoms with Crippen LogP contribution in [-0.4, -0.2) is 48.7 Å². The van der Waals surface area contributed by atoms with Gasteiger partial charge in [0.05, 0.1) is 17.1 Å². The molecule has 0 aliphatic rings. The summed E-state index contributed by atoms with van der Waals surface area (Å²) >= 11 is 3.23. The fourth-order valence-electron chi connectivity index (χ4n) is 1.51. The van der Waals surface area contributed by atoms with Gasteiger partial charge in [-0.3, -0.25) is 4.79 Å². The summed E-state index contributed by atoms with van der Waals surface area (Å²) in [6, 6.07) is 2.82. The number of amides is 1. The summed E-state index contributed by atoms with van der Waals surface area (Å²) in [6.07, 6.45) is 0. The van der Waals surface area contributed by atoms with Gasteiger partial charge in [-0.2, -0.15) is 0 Å². The molecule has 7 heteroatoms. The van der Waals surface area contributed by atoms with Gasteiger partial charge in [0.2, 0.25) is 0 Å². The highest BCUT2D eigenvalue weighted by Crippen LogP contribution is 2.36. The zero-order valence-corrected chi connectivity index (χ0v) is 13.9. The van der Waals surface area contributed by atoms with Gasteiger partial charge in [0, 0.05) is 13.1 Å².